The van der Waals surface area contributed by atoms with E-state index >= 15 is 0 Å². The highest BCUT2D eigenvalue weighted by molar-refractivity contribution is 5.93. The molecule has 29 heavy (non-hydrogen) atoms. The molecule has 6 nitrogen and oxygen atoms in total. The highest BCUT2D eigenvalue weighted by atomic mass is 16.5. The van der Waals surface area contributed by atoms with E-state index in [9.17, 15) is 4.79 Å². The summed E-state index contributed by atoms with van der Waals surface area (Å²) in [6.07, 6.45) is 3.37. The van der Waals surface area contributed by atoms with Crippen LogP contribution in [0.2, 0.25) is 0 Å². The van der Waals surface area contributed by atoms with Gasteiger partial charge in [0, 0.05) is 45.0 Å². The fraction of sp³-hybridized carbons (Fsp3) is 0.478. The van der Waals surface area contributed by atoms with Crippen molar-refractivity contribution < 1.29 is 9.53 Å². The first-order chi connectivity index (χ1) is 14.2. The fourth-order valence-corrected chi connectivity index (χ4v) is 3.52. The molecule has 0 spiro atoms. The molecule has 1 saturated carbocycles. The van der Waals surface area contributed by atoms with Crippen molar-refractivity contribution in [2.45, 2.75) is 19.3 Å². The van der Waals surface area contributed by atoms with Crippen LogP contribution in [-0.4, -0.2) is 57.3 Å². The average Bonchev–Trinajstić information content (AvgIpc) is 3.61. The number of ether oxygens (including phenoxy) is 1. The van der Waals surface area contributed by atoms with Gasteiger partial charge in [-0.05, 0) is 36.8 Å². The third-order valence-electron chi connectivity index (χ3n) is 5.62. The van der Waals surface area contributed by atoms with Crippen LogP contribution in [0.4, 0.5) is 11.5 Å². The Bertz CT molecular complexity index is 817. The molecule has 1 aromatic heterocycles. The lowest BCUT2D eigenvalue weighted by atomic mass is 10.1. The van der Waals surface area contributed by atoms with E-state index in [-0.39, 0.29) is 5.91 Å². The summed E-state index contributed by atoms with van der Waals surface area (Å²) in [5.41, 5.74) is 2.84. The summed E-state index contributed by atoms with van der Waals surface area (Å²) in [5.74, 6) is 1.40. The van der Waals surface area contributed by atoms with Crippen molar-refractivity contribution in [3.63, 3.8) is 0 Å². The number of aromatic nitrogens is 1. The fourth-order valence-electron chi connectivity index (χ4n) is 3.52. The minimum absolute atomic E-state index is 0.0790. The Labute approximate surface area is 172 Å². The minimum atomic E-state index is -0.0790. The number of pyridine rings is 1. The smallest absolute Gasteiger partial charge is 0.270 e. The second kappa shape index (κ2) is 9.27. The van der Waals surface area contributed by atoms with Gasteiger partial charge in [0.25, 0.3) is 5.91 Å². The van der Waals surface area contributed by atoms with E-state index in [1.807, 2.05) is 19.2 Å². The minimum Gasteiger partial charge on any atom is -0.378 e. The summed E-state index contributed by atoms with van der Waals surface area (Å²) in [4.78, 5) is 21.8. The monoisotopic (exact) mass is 394 g/mol. The predicted molar refractivity (Wildman–Crippen MR) is 116 cm³/mol. The zero-order valence-electron chi connectivity index (χ0n) is 17.1. The maximum atomic E-state index is 12.7. The Hall–Kier alpha value is -2.60. The van der Waals surface area contributed by atoms with Gasteiger partial charge in [-0.2, -0.15) is 0 Å². The molecule has 6 heteroatoms. The number of anilines is 2. The number of morpholine rings is 1. The van der Waals surface area contributed by atoms with Crippen LogP contribution >= 0.6 is 0 Å². The zero-order chi connectivity index (χ0) is 20.1. The molecule has 1 amide bonds. The normalized spacial score (nSPS) is 16.5. The average molecular weight is 395 g/mol. The van der Waals surface area contributed by atoms with Crippen molar-refractivity contribution in [2.24, 2.45) is 5.92 Å². The van der Waals surface area contributed by atoms with Crippen molar-refractivity contribution >= 4 is 17.4 Å². The van der Waals surface area contributed by atoms with Crippen molar-refractivity contribution in [1.82, 2.24) is 10.3 Å². The Balaban J connectivity index is 1.51. The number of hydrogen-bond acceptors (Lipinski definition) is 5. The van der Waals surface area contributed by atoms with Gasteiger partial charge in [0.05, 0.1) is 13.2 Å². The van der Waals surface area contributed by atoms with Crippen LogP contribution in [0, 0.1) is 5.92 Å². The first-order valence-electron chi connectivity index (χ1n) is 10.6. The first-order valence-corrected chi connectivity index (χ1v) is 10.6. The van der Waals surface area contributed by atoms with E-state index in [2.05, 4.69) is 45.4 Å². The van der Waals surface area contributed by atoms with Crippen LogP contribution < -0.4 is 15.1 Å². The van der Waals surface area contributed by atoms with E-state index in [0.717, 1.165) is 44.1 Å². The number of rotatable bonds is 8. The molecule has 2 heterocycles. The number of hydrogen-bond donors (Lipinski definition) is 1. The van der Waals surface area contributed by atoms with Crippen molar-refractivity contribution in [2.75, 3.05) is 56.2 Å². The Morgan fingerprint density at radius 3 is 2.69 bits per heavy atom. The van der Waals surface area contributed by atoms with E-state index in [1.54, 1.807) is 0 Å². The highest BCUT2D eigenvalue weighted by Gasteiger charge is 2.23. The Kier molecular flexibility index (Phi) is 6.30. The lowest BCUT2D eigenvalue weighted by Gasteiger charge is -2.30. The molecule has 0 bridgehead atoms. The van der Waals surface area contributed by atoms with Crippen LogP contribution in [-0.2, 0) is 11.2 Å². The molecule has 2 fully saturated rings. The van der Waals surface area contributed by atoms with Gasteiger partial charge < -0.3 is 19.9 Å². The largest absolute Gasteiger partial charge is 0.378 e. The van der Waals surface area contributed by atoms with E-state index < -0.39 is 0 Å². The molecule has 1 aliphatic carbocycles. The lowest BCUT2D eigenvalue weighted by molar-refractivity contribution is 0.0947. The Morgan fingerprint density at radius 2 is 1.97 bits per heavy atom. The number of nitrogens with one attached hydrogen (secondary N) is 1. The van der Waals surface area contributed by atoms with Crippen LogP contribution in [0.15, 0.2) is 42.5 Å². The third kappa shape index (κ3) is 5.48. The molecule has 154 valence electrons. The van der Waals surface area contributed by atoms with E-state index in [1.165, 1.54) is 18.4 Å². The van der Waals surface area contributed by atoms with E-state index in [4.69, 9.17) is 9.72 Å². The second-order valence-corrected chi connectivity index (χ2v) is 7.98. The summed E-state index contributed by atoms with van der Waals surface area (Å²) in [5, 5.41) is 3.05. The van der Waals surface area contributed by atoms with Crippen molar-refractivity contribution in [1.29, 1.82) is 0 Å². The maximum absolute atomic E-state index is 12.7. The summed E-state index contributed by atoms with van der Waals surface area (Å²) in [6.45, 7) is 4.68. The van der Waals surface area contributed by atoms with Crippen molar-refractivity contribution in [3.8, 4) is 0 Å². The maximum Gasteiger partial charge on any atom is 0.270 e. The standard InChI is InChI=1S/C23H30N4O2/c1-26(10-9-18-5-3-2-4-6-18)22-16-20(27-11-13-29-14-12-27)15-21(25-22)23(28)24-17-19-7-8-19/h2-6,15-16,19H,7-14,17H2,1H3,(H,24,28). The van der Waals surface area contributed by atoms with Crippen LogP contribution in [0.1, 0.15) is 28.9 Å². The lowest BCUT2D eigenvalue weighted by Crippen LogP contribution is -2.37. The van der Waals surface area contributed by atoms with Gasteiger partial charge in [0.15, 0.2) is 0 Å². The number of benzene rings is 1. The molecule has 0 unspecified atom stereocenters. The van der Waals surface area contributed by atoms with Crippen LogP contribution in [0.3, 0.4) is 0 Å². The number of carbonyl (C=O) groups is 1. The molecule has 1 aromatic carbocycles. The van der Waals surface area contributed by atoms with Crippen LogP contribution in [0.5, 0.6) is 0 Å². The van der Waals surface area contributed by atoms with Gasteiger partial charge in [-0.1, -0.05) is 30.3 Å². The summed E-state index contributed by atoms with van der Waals surface area (Å²) in [7, 11) is 2.04. The van der Waals surface area contributed by atoms with Crippen molar-refractivity contribution in [3.05, 3.63) is 53.7 Å². The molecule has 0 atom stereocenters. The zero-order valence-corrected chi connectivity index (χ0v) is 17.1. The van der Waals surface area contributed by atoms with Gasteiger partial charge in [-0.25, -0.2) is 4.98 Å². The second-order valence-electron chi connectivity index (χ2n) is 7.98. The van der Waals surface area contributed by atoms with Gasteiger partial charge in [-0.3, -0.25) is 4.79 Å². The third-order valence-corrected chi connectivity index (χ3v) is 5.62. The van der Waals surface area contributed by atoms with Crippen LogP contribution in [0.25, 0.3) is 0 Å². The van der Waals surface area contributed by atoms with Gasteiger partial charge >= 0.3 is 0 Å². The molecule has 1 saturated heterocycles. The van der Waals surface area contributed by atoms with Gasteiger partial charge in [-0.15, -0.1) is 0 Å². The summed E-state index contributed by atoms with van der Waals surface area (Å²) >= 11 is 0. The molecule has 2 aliphatic rings. The Morgan fingerprint density at radius 1 is 1.21 bits per heavy atom. The summed E-state index contributed by atoms with van der Waals surface area (Å²) < 4.78 is 5.49. The SMILES string of the molecule is CN(CCc1ccccc1)c1cc(N2CCOCC2)cc(C(=O)NCC2CC2)n1. The highest BCUT2D eigenvalue weighted by Crippen LogP contribution is 2.28. The summed E-state index contributed by atoms with van der Waals surface area (Å²) in [6, 6.07) is 14.5. The van der Waals surface area contributed by atoms with Gasteiger partial charge in [0.2, 0.25) is 0 Å². The molecule has 4 rings (SSSR count). The molecule has 1 N–H and O–H groups in total. The topological polar surface area (TPSA) is 57.7 Å². The molecular formula is C23H30N4O2. The first kappa shape index (κ1) is 19.7. The predicted octanol–water partition coefficient (Wildman–Crippen LogP) is 2.74. The number of amides is 1. The van der Waals surface area contributed by atoms with E-state index in [0.29, 0.717) is 24.8 Å². The number of nitrogens with zero attached hydrogens (tertiary/aromatic N) is 3. The number of likely N-dealkylation sites (N-methyl/N-ethyl adjacent to an activating group) is 1. The van der Waals surface area contributed by atoms with Gasteiger partial charge in [0.1, 0.15) is 11.5 Å². The molecule has 1 aliphatic heterocycles. The molecule has 0 radical (unpaired) electrons. The number of carbonyl (C=O) groups excluding carboxylic acids is 1. The molecule has 2 aromatic rings. The molecular weight excluding hydrogens is 364 g/mol. The quantitative estimate of drug-likeness (QED) is 0.746.